The van der Waals surface area contributed by atoms with Gasteiger partial charge in [0.15, 0.2) is 11.6 Å². The minimum atomic E-state index is -0.413. The molecule has 69 heavy (non-hydrogen) atoms. The van der Waals surface area contributed by atoms with Gasteiger partial charge in [-0.25, -0.2) is 4.98 Å². The minimum Gasteiger partial charge on any atom is -0.309 e. The van der Waals surface area contributed by atoms with Gasteiger partial charge < -0.3 is 4.57 Å². The molecule has 2 aliphatic carbocycles. The zero-order chi connectivity index (χ0) is 45.2. The Labute approximate surface area is 397 Å². The van der Waals surface area contributed by atoms with Crippen molar-refractivity contribution in [2.24, 2.45) is 0 Å². The van der Waals surface area contributed by atoms with Crippen LogP contribution in [0.5, 0.6) is 0 Å². The number of hydrogen-bond donors (Lipinski definition) is 0. The summed E-state index contributed by atoms with van der Waals surface area (Å²) in [4.78, 5) is 15.7. The first kappa shape index (κ1) is 38.0. The van der Waals surface area contributed by atoms with Crippen LogP contribution in [0.3, 0.4) is 0 Å². The van der Waals surface area contributed by atoms with Crippen molar-refractivity contribution >= 4 is 43.6 Å². The number of hydrogen-bond acceptors (Lipinski definition) is 3. The fraction of sp³-hybridized carbons (Fsp3) is 0.0156. The average molecular weight is 878 g/mol. The second-order valence-electron chi connectivity index (χ2n) is 18.3. The number of nitrogens with zero attached hydrogens (tertiary/aromatic N) is 5. The number of benzene rings is 10. The number of aromatic nitrogens is 5. The molecule has 0 fully saturated rings. The minimum absolute atomic E-state index is 0.413. The van der Waals surface area contributed by atoms with Crippen LogP contribution in [0.4, 0.5) is 0 Å². The Hall–Kier alpha value is -9.19. The molecule has 10 aromatic carbocycles. The van der Waals surface area contributed by atoms with Crippen LogP contribution in [0.25, 0.3) is 111 Å². The van der Waals surface area contributed by atoms with E-state index in [0.717, 1.165) is 55.3 Å². The smallest absolute Gasteiger partial charge is 0.238 e. The van der Waals surface area contributed by atoms with Crippen LogP contribution in [-0.2, 0) is 5.41 Å². The van der Waals surface area contributed by atoms with Crippen molar-refractivity contribution in [3.05, 3.63) is 259 Å². The highest BCUT2D eigenvalue weighted by molar-refractivity contribution is 6.19. The maximum Gasteiger partial charge on any atom is 0.238 e. The highest BCUT2D eigenvalue weighted by Gasteiger charge is 2.52. The molecule has 320 valence electrons. The highest BCUT2D eigenvalue weighted by atomic mass is 15.2. The highest BCUT2D eigenvalue weighted by Crippen LogP contribution is 2.64. The Morgan fingerprint density at radius 1 is 0.290 bits per heavy atom. The Bertz CT molecular complexity index is 4140. The third-order valence-corrected chi connectivity index (χ3v) is 14.8. The second kappa shape index (κ2) is 14.4. The predicted molar refractivity (Wildman–Crippen MR) is 281 cm³/mol. The monoisotopic (exact) mass is 877 g/mol. The molecule has 13 aromatic rings. The molecular formula is C64H39N5. The molecule has 5 heteroatoms. The van der Waals surface area contributed by atoms with E-state index in [1.807, 2.05) is 6.07 Å². The van der Waals surface area contributed by atoms with E-state index in [2.05, 4.69) is 240 Å². The van der Waals surface area contributed by atoms with Crippen molar-refractivity contribution in [2.45, 2.75) is 5.41 Å². The molecule has 1 spiro atoms. The summed E-state index contributed by atoms with van der Waals surface area (Å²) in [5.41, 5.74) is 19.8. The van der Waals surface area contributed by atoms with E-state index in [-0.39, 0.29) is 0 Å². The zero-order valence-corrected chi connectivity index (χ0v) is 37.3. The first-order chi connectivity index (χ1) is 34.2. The van der Waals surface area contributed by atoms with E-state index in [4.69, 9.17) is 15.0 Å². The third-order valence-electron chi connectivity index (χ3n) is 14.8. The second-order valence-corrected chi connectivity index (χ2v) is 18.3. The van der Waals surface area contributed by atoms with Gasteiger partial charge in [0.2, 0.25) is 5.95 Å². The lowest BCUT2D eigenvalue weighted by atomic mass is 9.70. The van der Waals surface area contributed by atoms with Crippen molar-refractivity contribution in [3.63, 3.8) is 0 Å². The molecule has 0 radical (unpaired) electrons. The van der Waals surface area contributed by atoms with Crippen molar-refractivity contribution in [1.82, 2.24) is 24.1 Å². The van der Waals surface area contributed by atoms with Gasteiger partial charge in [0.05, 0.1) is 27.5 Å². The molecule has 3 aromatic heterocycles. The molecule has 3 heterocycles. The molecule has 0 amide bonds. The van der Waals surface area contributed by atoms with Gasteiger partial charge in [-0.2, -0.15) is 9.97 Å². The first-order valence-corrected chi connectivity index (χ1v) is 23.6. The van der Waals surface area contributed by atoms with Gasteiger partial charge in [0.1, 0.15) is 0 Å². The van der Waals surface area contributed by atoms with Gasteiger partial charge in [-0.3, -0.25) is 4.57 Å². The number of fused-ring (bicyclic) bond motifs is 17. The molecular weight excluding hydrogens is 839 g/mol. The summed E-state index contributed by atoms with van der Waals surface area (Å²) < 4.78 is 4.60. The van der Waals surface area contributed by atoms with Crippen LogP contribution < -0.4 is 0 Å². The lowest BCUT2D eigenvalue weighted by Crippen LogP contribution is -2.25. The van der Waals surface area contributed by atoms with E-state index in [1.165, 1.54) is 60.8 Å². The molecule has 0 N–H and O–H groups in total. The summed E-state index contributed by atoms with van der Waals surface area (Å²) in [6, 6.07) is 85.5. The summed E-state index contributed by atoms with van der Waals surface area (Å²) in [6.45, 7) is 0. The molecule has 0 unspecified atom stereocenters. The van der Waals surface area contributed by atoms with Crippen LogP contribution in [0, 0.1) is 0 Å². The third kappa shape index (κ3) is 5.27. The summed E-state index contributed by atoms with van der Waals surface area (Å²) in [5.74, 6) is 1.79. The topological polar surface area (TPSA) is 48.5 Å². The fourth-order valence-corrected chi connectivity index (χ4v) is 12.0. The first-order valence-electron chi connectivity index (χ1n) is 23.6. The van der Waals surface area contributed by atoms with Crippen LogP contribution in [0.15, 0.2) is 237 Å². The maximum atomic E-state index is 5.29. The SMILES string of the molecule is c1ccc(-c2ccc(-c3nc(-c4ccc(-n5c6ccccc6c6c7c(ccc65)C5(c6ccccc6-c6ccccc65)c5ccccc5-7)cc4)nc(-n4c5ccccc5c5ccccc54)n3)cc2)cc1. The lowest BCUT2D eigenvalue weighted by molar-refractivity contribution is 0.794. The Balaban J connectivity index is 0.909. The maximum absolute atomic E-state index is 5.29. The molecule has 0 bridgehead atoms. The molecule has 0 saturated carbocycles. The quantitative estimate of drug-likeness (QED) is 0.173. The number of para-hydroxylation sites is 3. The van der Waals surface area contributed by atoms with Crippen molar-refractivity contribution in [3.8, 4) is 67.8 Å². The molecule has 5 nitrogen and oxygen atoms in total. The summed E-state index contributed by atoms with van der Waals surface area (Å²) in [7, 11) is 0. The van der Waals surface area contributed by atoms with Gasteiger partial charge >= 0.3 is 0 Å². The fourth-order valence-electron chi connectivity index (χ4n) is 12.0. The van der Waals surface area contributed by atoms with E-state index >= 15 is 0 Å². The standard InChI is InChI=1S/C64H39N5/c1-2-16-40(17-3-1)41-30-32-42(33-31-41)61-65-62(67-63(66-61)69-55-27-13-7-20-47(55)48-21-8-14-28-56(48)69)43-34-36-44(37-35-43)68-57-29-15-9-23-50(57)60-58(68)39-38-54-59(60)49-22-6-12-26-53(49)64(54)51-24-10-4-18-45(51)46-19-5-11-25-52(46)64/h1-39H. The number of rotatable bonds is 5. The van der Waals surface area contributed by atoms with Crippen LogP contribution in [-0.4, -0.2) is 24.1 Å². The summed E-state index contributed by atoms with van der Waals surface area (Å²) in [5, 5.41) is 4.81. The molecule has 15 rings (SSSR count). The van der Waals surface area contributed by atoms with Gasteiger partial charge in [-0.1, -0.05) is 188 Å². The Morgan fingerprint density at radius 3 is 1.35 bits per heavy atom. The molecule has 2 aliphatic rings. The van der Waals surface area contributed by atoms with E-state index in [1.54, 1.807) is 0 Å². The van der Waals surface area contributed by atoms with E-state index < -0.39 is 5.41 Å². The van der Waals surface area contributed by atoms with Crippen LogP contribution in [0.1, 0.15) is 22.3 Å². The molecule has 0 atom stereocenters. The predicted octanol–water partition coefficient (Wildman–Crippen LogP) is 15.4. The van der Waals surface area contributed by atoms with E-state index in [0.29, 0.717) is 17.6 Å². The van der Waals surface area contributed by atoms with Gasteiger partial charge in [-0.15, -0.1) is 0 Å². The summed E-state index contributed by atoms with van der Waals surface area (Å²) >= 11 is 0. The zero-order valence-electron chi connectivity index (χ0n) is 37.3. The van der Waals surface area contributed by atoms with Gasteiger partial charge in [0, 0.05) is 38.4 Å². The Kier molecular flexibility index (Phi) is 7.93. The molecule has 0 saturated heterocycles. The largest absolute Gasteiger partial charge is 0.309 e. The normalized spacial score (nSPS) is 13.0. The lowest BCUT2D eigenvalue weighted by Gasteiger charge is -2.30. The molecule has 0 aliphatic heterocycles. The average Bonchev–Trinajstić information content (AvgIpc) is 4.13. The van der Waals surface area contributed by atoms with Crippen LogP contribution in [0.2, 0.25) is 0 Å². The van der Waals surface area contributed by atoms with E-state index in [9.17, 15) is 0 Å². The van der Waals surface area contributed by atoms with Crippen molar-refractivity contribution < 1.29 is 0 Å². The Morgan fingerprint density at radius 2 is 0.739 bits per heavy atom. The van der Waals surface area contributed by atoms with Crippen LogP contribution >= 0.6 is 0 Å². The van der Waals surface area contributed by atoms with Gasteiger partial charge in [-0.05, 0) is 104 Å². The van der Waals surface area contributed by atoms with Crippen molar-refractivity contribution in [1.29, 1.82) is 0 Å². The van der Waals surface area contributed by atoms with Gasteiger partial charge in [0.25, 0.3) is 0 Å². The van der Waals surface area contributed by atoms with Crippen molar-refractivity contribution in [2.75, 3.05) is 0 Å². The summed E-state index contributed by atoms with van der Waals surface area (Å²) in [6.07, 6.45) is 0.